The number of aromatic nitrogens is 3. The molecule has 0 bridgehead atoms. The molecule has 1 aliphatic rings. The topological polar surface area (TPSA) is 60.2 Å². The maximum absolute atomic E-state index is 12.5. The Hall–Kier alpha value is -1.92. The van der Waals surface area contributed by atoms with Gasteiger partial charge in [0.25, 0.3) is 0 Å². The second-order valence-corrected chi connectivity index (χ2v) is 5.87. The second kappa shape index (κ2) is 7.10. The van der Waals surface area contributed by atoms with Crippen LogP contribution in [0.25, 0.3) is 11.4 Å². The zero-order valence-corrected chi connectivity index (χ0v) is 13.7. The fraction of sp³-hybridized carbons (Fsp3) is 0.438. The van der Waals surface area contributed by atoms with Gasteiger partial charge in [0.1, 0.15) is 12.9 Å². The van der Waals surface area contributed by atoms with Crippen molar-refractivity contribution < 1.29 is 9.53 Å². The molecule has 1 saturated heterocycles. The quantitative estimate of drug-likeness (QED) is 0.860. The normalized spacial score (nSPS) is 18.2. The average Bonchev–Trinajstić information content (AvgIpc) is 3.03. The van der Waals surface area contributed by atoms with Crippen LogP contribution in [0, 0.1) is 0 Å². The first-order valence-corrected chi connectivity index (χ1v) is 8.09. The van der Waals surface area contributed by atoms with E-state index in [-0.39, 0.29) is 18.6 Å². The Morgan fingerprint density at radius 2 is 2.26 bits per heavy atom. The summed E-state index contributed by atoms with van der Waals surface area (Å²) in [6.07, 6.45) is 2.46. The minimum absolute atomic E-state index is 0.0190. The van der Waals surface area contributed by atoms with Crippen molar-refractivity contribution in [2.45, 2.75) is 26.0 Å². The van der Waals surface area contributed by atoms with Crippen molar-refractivity contribution in [2.75, 3.05) is 19.7 Å². The van der Waals surface area contributed by atoms with E-state index in [2.05, 4.69) is 17.0 Å². The average molecular weight is 335 g/mol. The minimum atomic E-state index is 0.0190. The molecule has 0 saturated carbocycles. The summed E-state index contributed by atoms with van der Waals surface area (Å²) >= 11 is 6.22. The number of hydrogen-bond acceptors (Lipinski definition) is 4. The fourth-order valence-corrected chi connectivity index (χ4v) is 2.87. The lowest BCUT2D eigenvalue weighted by molar-refractivity contribution is -0.139. The van der Waals surface area contributed by atoms with Gasteiger partial charge in [0, 0.05) is 18.7 Å². The largest absolute Gasteiger partial charge is 0.375 e. The van der Waals surface area contributed by atoms with Crippen molar-refractivity contribution in [3.63, 3.8) is 0 Å². The van der Waals surface area contributed by atoms with Crippen LogP contribution < -0.4 is 0 Å². The van der Waals surface area contributed by atoms with Crippen molar-refractivity contribution in [1.29, 1.82) is 0 Å². The summed E-state index contributed by atoms with van der Waals surface area (Å²) in [6, 6.07) is 7.41. The molecule has 1 amide bonds. The maximum atomic E-state index is 12.5. The van der Waals surface area contributed by atoms with E-state index in [1.807, 2.05) is 23.1 Å². The van der Waals surface area contributed by atoms with Gasteiger partial charge >= 0.3 is 0 Å². The van der Waals surface area contributed by atoms with Gasteiger partial charge in [-0.1, -0.05) is 30.7 Å². The molecule has 2 heterocycles. The highest BCUT2D eigenvalue weighted by Gasteiger charge is 2.24. The first kappa shape index (κ1) is 16.0. The number of morpholine rings is 1. The molecule has 1 unspecified atom stereocenters. The smallest absolute Gasteiger partial charge is 0.244 e. The van der Waals surface area contributed by atoms with Gasteiger partial charge in [-0.05, 0) is 18.6 Å². The lowest BCUT2D eigenvalue weighted by Gasteiger charge is -2.32. The van der Waals surface area contributed by atoms with Crippen LogP contribution in [0.4, 0.5) is 0 Å². The highest BCUT2D eigenvalue weighted by molar-refractivity contribution is 6.33. The predicted molar refractivity (Wildman–Crippen MR) is 87.1 cm³/mol. The van der Waals surface area contributed by atoms with Gasteiger partial charge in [-0.15, -0.1) is 0 Å². The van der Waals surface area contributed by atoms with E-state index in [0.717, 1.165) is 12.0 Å². The van der Waals surface area contributed by atoms with E-state index in [4.69, 9.17) is 16.3 Å². The molecule has 1 aromatic heterocycles. The SMILES string of the molecule is CCC1CN(C(=O)Cn2ncnc2-c2ccccc2Cl)CCO1. The number of halogens is 1. The number of ether oxygens (including phenoxy) is 1. The zero-order chi connectivity index (χ0) is 16.2. The lowest BCUT2D eigenvalue weighted by Crippen LogP contribution is -2.46. The Bertz CT molecular complexity index is 688. The summed E-state index contributed by atoms with van der Waals surface area (Å²) in [6.45, 7) is 4.04. The molecule has 0 spiro atoms. The number of amides is 1. The predicted octanol–water partition coefficient (Wildman–Crippen LogP) is 2.24. The van der Waals surface area contributed by atoms with Crippen molar-refractivity contribution in [3.05, 3.63) is 35.6 Å². The molecule has 3 rings (SSSR count). The molecule has 7 heteroatoms. The molecule has 1 fully saturated rings. The molecule has 23 heavy (non-hydrogen) atoms. The number of rotatable bonds is 4. The summed E-state index contributed by atoms with van der Waals surface area (Å²) in [5.41, 5.74) is 0.771. The highest BCUT2D eigenvalue weighted by atomic mass is 35.5. The molecule has 1 aromatic carbocycles. The van der Waals surface area contributed by atoms with E-state index < -0.39 is 0 Å². The van der Waals surface area contributed by atoms with E-state index in [9.17, 15) is 4.79 Å². The molecule has 1 atom stereocenters. The fourth-order valence-electron chi connectivity index (χ4n) is 2.65. The molecule has 0 N–H and O–H groups in total. The van der Waals surface area contributed by atoms with Crippen LogP contribution in [0.1, 0.15) is 13.3 Å². The second-order valence-electron chi connectivity index (χ2n) is 5.46. The molecule has 1 aliphatic heterocycles. The zero-order valence-electron chi connectivity index (χ0n) is 13.0. The minimum Gasteiger partial charge on any atom is -0.375 e. The Morgan fingerprint density at radius 1 is 1.43 bits per heavy atom. The number of nitrogens with zero attached hydrogens (tertiary/aromatic N) is 4. The maximum Gasteiger partial charge on any atom is 0.244 e. The Labute approximate surface area is 140 Å². The van der Waals surface area contributed by atoms with Gasteiger partial charge in [0.05, 0.1) is 17.7 Å². The van der Waals surface area contributed by atoms with Crippen LogP contribution in [0.5, 0.6) is 0 Å². The number of carbonyl (C=O) groups is 1. The third kappa shape index (κ3) is 3.54. The molecular weight excluding hydrogens is 316 g/mol. The highest BCUT2D eigenvalue weighted by Crippen LogP contribution is 2.25. The van der Waals surface area contributed by atoms with Crippen molar-refractivity contribution in [1.82, 2.24) is 19.7 Å². The van der Waals surface area contributed by atoms with Gasteiger partial charge in [-0.2, -0.15) is 5.10 Å². The summed E-state index contributed by atoms with van der Waals surface area (Å²) in [7, 11) is 0. The van der Waals surface area contributed by atoms with E-state index in [1.54, 1.807) is 10.7 Å². The summed E-state index contributed by atoms with van der Waals surface area (Å²) in [5, 5.41) is 4.77. The van der Waals surface area contributed by atoms with E-state index in [0.29, 0.717) is 30.5 Å². The van der Waals surface area contributed by atoms with Crippen LogP contribution in [-0.2, 0) is 16.1 Å². The van der Waals surface area contributed by atoms with Gasteiger partial charge in [-0.25, -0.2) is 9.67 Å². The molecular formula is C16H19ClN4O2. The van der Waals surface area contributed by atoms with Crippen LogP contribution >= 0.6 is 11.6 Å². The molecule has 6 nitrogen and oxygen atoms in total. The number of carbonyl (C=O) groups excluding carboxylic acids is 1. The van der Waals surface area contributed by atoms with Crippen molar-refractivity contribution >= 4 is 17.5 Å². The van der Waals surface area contributed by atoms with Crippen LogP contribution in [-0.4, -0.2) is 51.4 Å². The van der Waals surface area contributed by atoms with E-state index in [1.165, 1.54) is 6.33 Å². The Balaban J connectivity index is 1.75. The summed E-state index contributed by atoms with van der Waals surface area (Å²) in [4.78, 5) is 18.6. The van der Waals surface area contributed by atoms with Crippen LogP contribution in [0.15, 0.2) is 30.6 Å². The first-order chi connectivity index (χ1) is 11.2. The van der Waals surface area contributed by atoms with Gasteiger partial charge < -0.3 is 9.64 Å². The van der Waals surface area contributed by atoms with Crippen molar-refractivity contribution in [2.24, 2.45) is 0 Å². The third-order valence-electron chi connectivity index (χ3n) is 3.96. The van der Waals surface area contributed by atoms with Crippen LogP contribution in [0.2, 0.25) is 5.02 Å². The Morgan fingerprint density at radius 3 is 3.04 bits per heavy atom. The standard InChI is InChI=1S/C16H19ClN4O2/c1-2-12-9-20(7-8-23-12)15(22)10-21-16(18-11-19-21)13-5-3-4-6-14(13)17/h3-6,11-12H,2,7-10H2,1H3. The third-order valence-corrected chi connectivity index (χ3v) is 4.29. The van der Waals surface area contributed by atoms with Gasteiger partial charge in [0.2, 0.25) is 5.91 Å². The van der Waals surface area contributed by atoms with Crippen molar-refractivity contribution in [3.8, 4) is 11.4 Å². The Kier molecular flexibility index (Phi) is 4.93. The van der Waals surface area contributed by atoms with E-state index >= 15 is 0 Å². The lowest BCUT2D eigenvalue weighted by atomic mass is 10.2. The number of hydrogen-bond donors (Lipinski definition) is 0. The van der Waals surface area contributed by atoms with Crippen LogP contribution in [0.3, 0.4) is 0 Å². The first-order valence-electron chi connectivity index (χ1n) is 7.71. The van der Waals surface area contributed by atoms with Gasteiger partial charge in [-0.3, -0.25) is 4.79 Å². The van der Waals surface area contributed by atoms with Gasteiger partial charge in [0.15, 0.2) is 5.82 Å². The summed E-state index contributed by atoms with van der Waals surface area (Å²) < 4.78 is 7.20. The molecule has 0 radical (unpaired) electrons. The molecule has 0 aliphatic carbocycles. The molecule has 122 valence electrons. The number of benzene rings is 1. The molecule has 2 aromatic rings. The monoisotopic (exact) mass is 334 g/mol. The summed E-state index contributed by atoms with van der Waals surface area (Å²) in [5.74, 6) is 0.620.